The lowest BCUT2D eigenvalue weighted by atomic mass is 10.1. The van der Waals surface area contributed by atoms with Gasteiger partial charge < -0.3 is 15.0 Å². The summed E-state index contributed by atoms with van der Waals surface area (Å²) in [7, 11) is 1.54. The van der Waals surface area contributed by atoms with Crippen LogP contribution in [0.2, 0.25) is 0 Å². The number of anilines is 1. The fourth-order valence-corrected chi connectivity index (χ4v) is 4.65. The Morgan fingerprint density at radius 2 is 1.84 bits per heavy atom. The summed E-state index contributed by atoms with van der Waals surface area (Å²) in [5.74, 6) is -1.60. The molecule has 186 valence electrons. The number of hydrogen-bond donors (Lipinski definition) is 2. The summed E-state index contributed by atoms with van der Waals surface area (Å²) in [5.41, 5.74) is 2.29. The number of nitrogens with one attached hydrogen (secondary N) is 2. The second-order valence-corrected chi connectivity index (χ2v) is 8.93. The van der Waals surface area contributed by atoms with Crippen molar-refractivity contribution >= 4 is 34.4 Å². The average molecular weight is 519 g/mol. The second kappa shape index (κ2) is 10.3. The van der Waals surface area contributed by atoms with Crippen LogP contribution in [0.4, 0.5) is 14.5 Å². The molecule has 1 amide bonds. The third-order valence-corrected chi connectivity index (χ3v) is 6.56. The van der Waals surface area contributed by atoms with Crippen LogP contribution in [-0.2, 0) is 4.79 Å². The van der Waals surface area contributed by atoms with Gasteiger partial charge in [-0.3, -0.25) is 14.2 Å². The summed E-state index contributed by atoms with van der Waals surface area (Å²) >= 11 is 1.00. The van der Waals surface area contributed by atoms with E-state index in [9.17, 15) is 18.4 Å². The third kappa shape index (κ3) is 4.96. The highest BCUT2D eigenvalue weighted by Gasteiger charge is 2.19. The molecule has 2 heterocycles. The molecule has 0 aliphatic rings. The van der Waals surface area contributed by atoms with Crippen molar-refractivity contribution in [3.8, 4) is 22.6 Å². The van der Waals surface area contributed by atoms with E-state index in [1.54, 1.807) is 37.6 Å². The van der Waals surface area contributed by atoms with E-state index >= 15 is 0 Å². The fraction of sp³-hybridized carbons (Fsp3) is 0.0741. The van der Waals surface area contributed by atoms with Gasteiger partial charge in [-0.05, 0) is 42.0 Å². The first-order chi connectivity index (χ1) is 17.9. The van der Waals surface area contributed by atoms with Crippen molar-refractivity contribution in [3.63, 3.8) is 0 Å². The van der Waals surface area contributed by atoms with Crippen molar-refractivity contribution < 1.29 is 18.3 Å². The van der Waals surface area contributed by atoms with Crippen LogP contribution in [0.3, 0.4) is 0 Å². The first kappa shape index (κ1) is 24.3. The van der Waals surface area contributed by atoms with Crippen LogP contribution in [-0.4, -0.2) is 33.3 Å². The summed E-state index contributed by atoms with van der Waals surface area (Å²) in [6.07, 6.45) is 1.72. The number of H-pyrrole nitrogens is 1. The maximum atomic E-state index is 14.0. The minimum absolute atomic E-state index is 0.199. The number of aromatic nitrogens is 3. The highest BCUT2D eigenvalue weighted by Crippen LogP contribution is 2.29. The van der Waals surface area contributed by atoms with Crippen LogP contribution in [0.1, 0.15) is 0 Å². The van der Waals surface area contributed by atoms with Crippen molar-refractivity contribution in [1.82, 2.24) is 14.5 Å². The molecule has 0 aliphatic carbocycles. The van der Waals surface area contributed by atoms with Gasteiger partial charge in [0.2, 0.25) is 5.91 Å². The quantitative estimate of drug-likeness (QED) is 0.223. The number of benzene rings is 3. The Morgan fingerprint density at radius 3 is 2.57 bits per heavy atom. The van der Waals surface area contributed by atoms with E-state index in [1.165, 1.54) is 4.57 Å². The van der Waals surface area contributed by atoms with Gasteiger partial charge >= 0.3 is 0 Å². The number of thioether (sulfide) groups is 1. The molecule has 0 saturated heterocycles. The number of ether oxygens (including phenoxy) is 1. The lowest BCUT2D eigenvalue weighted by Gasteiger charge is -2.13. The van der Waals surface area contributed by atoms with Gasteiger partial charge in [-0.25, -0.2) is 13.8 Å². The number of methoxy groups -OCH3 is 1. The van der Waals surface area contributed by atoms with Gasteiger partial charge in [0, 0.05) is 17.8 Å². The average Bonchev–Trinajstić information content (AvgIpc) is 3.34. The molecule has 0 spiro atoms. The van der Waals surface area contributed by atoms with Crippen LogP contribution in [0.25, 0.3) is 27.8 Å². The van der Waals surface area contributed by atoms with E-state index < -0.39 is 17.5 Å². The molecule has 2 aromatic heterocycles. The zero-order chi connectivity index (χ0) is 25.9. The zero-order valence-corrected chi connectivity index (χ0v) is 20.3. The molecule has 2 N–H and O–H groups in total. The van der Waals surface area contributed by atoms with Crippen LogP contribution in [0.15, 0.2) is 88.9 Å². The maximum Gasteiger partial charge on any atom is 0.283 e. The Labute approximate surface area is 214 Å². The number of carbonyl (C=O) groups excluding carboxylic acids is 1. The molecule has 0 atom stereocenters. The van der Waals surface area contributed by atoms with E-state index in [0.717, 1.165) is 41.1 Å². The SMILES string of the molecule is COc1ccc(-n2c(SCC(=O)Nc3cc(F)ccc3F)nc3c(-c4ccccc4)c[nH]c3c2=O)cc1. The van der Waals surface area contributed by atoms with Gasteiger partial charge in [-0.15, -0.1) is 0 Å². The number of carbonyl (C=O) groups is 1. The lowest BCUT2D eigenvalue weighted by Crippen LogP contribution is -2.23. The Balaban J connectivity index is 1.55. The molecule has 0 saturated carbocycles. The van der Waals surface area contributed by atoms with E-state index in [0.29, 0.717) is 22.5 Å². The molecule has 0 bridgehead atoms. The van der Waals surface area contributed by atoms with Gasteiger partial charge in [-0.2, -0.15) is 0 Å². The van der Waals surface area contributed by atoms with Crippen molar-refractivity contribution in [1.29, 1.82) is 0 Å². The normalized spacial score (nSPS) is 11.0. The fourth-order valence-electron chi connectivity index (χ4n) is 3.84. The number of nitrogens with zero attached hydrogens (tertiary/aromatic N) is 2. The Morgan fingerprint density at radius 1 is 1.08 bits per heavy atom. The van der Waals surface area contributed by atoms with Crippen LogP contribution in [0.5, 0.6) is 5.75 Å². The van der Waals surface area contributed by atoms with Crippen molar-refractivity contribution in [2.45, 2.75) is 5.16 Å². The van der Waals surface area contributed by atoms with E-state index in [1.807, 2.05) is 30.3 Å². The zero-order valence-electron chi connectivity index (χ0n) is 19.5. The molecule has 0 aliphatic heterocycles. The number of hydrogen-bond acceptors (Lipinski definition) is 5. The van der Waals surface area contributed by atoms with Crippen LogP contribution in [0, 0.1) is 11.6 Å². The number of fused-ring (bicyclic) bond motifs is 1. The maximum absolute atomic E-state index is 14.0. The third-order valence-electron chi connectivity index (χ3n) is 5.62. The van der Waals surface area contributed by atoms with Gasteiger partial charge in [-0.1, -0.05) is 42.1 Å². The summed E-state index contributed by atoms with van der Waals surface area (Å²) in [6.45, 7) is 0. The Kier molecular flexibility index (Phi) is 6.74. The summed E-state index contributed by atoms with van der Waals surface area (Å²) < 4.78 is 34.1. The first-order valence-electron chi connectivity index (χ1n) is 11.2. The molecule has 7 nitrogen and oxygen atoms in total. The number of halogens is 2. The molecular weight excluding hydrogens is 498 g/mol. The summed E-state index contributed by atoms with van der Waals surface area (Å²) in [5, 5.41) is 2.63. The number of aromatic amines is 1. The Hall–Kier alpha value is -4.44. The molecule has 0 radical (unpaired) electrons. The molecule has 5 aromatic rings. The monoisotopic (exact) mass is 518 g/mol. The van der Waals surface area contributed by atoms with Crippen molar-refractivity contribution in [3.05, 3.63) is 101 Å². The highest BCUT2D eigenvalue weighted by atomic mass is 32.2. The summed E-state index contributed by atoms with van der Waals surface area (Å²) in [6, 6.07) is 19.1. The Bertz CT molecular complexity index is 1650. The lowest BCUT2D eigenvalue weighted by molar-refractivity contribution is -0.113. The minimum atomic E-state index is -0.755. The molecule has 0 unspecified atom stereocenters. The smallest absolute Gasteiger partial charge is 0.283 e. The molecule has 10 heteroatoms. The van der Waals surface area contributed by atoms with E-state index in [2.05, 4.69) is 10.3 Å². The van der Waals surface area contributed by atoms with E-state index in [4.69, 9.17) is 9.72 Å². The highest BCUT2D eigenvalue weighted by molar-refractivity contribution is 7.99. The topological polar surface area (TPSA) is 89.0 Å². The number of amides is 1. The largest absolute Gasteiger partial charge is 0.497 e. The standard InChI is InChI=1S/C27H20F2N4O3S/c1-36-19-10-8-18(9-11-19)33-26(35)25-24(20(14-30-25)16-5-3-2-4-6-16)32-27(33)37-15-23(34)31-22-13-17(28)7-12-21(22)29/h2-14,30H,15H2,1H3,(H,31,34). The predicted octanol–water partition coefficient (Wildman–Crippen LogP) is 5.40. The summed E-state index contributed by atoms with van der Waals surface area (Å²) in [4.78, 5) is 34.0. The van der Waals surface area contributed by atoms with Gasteiger partial charge in [0.25, 0.3) is 5.56 Å². The second-order valence-electron chi connectivity index (χ2n) is 7.99. The molecule has 3 aromatic carbocycles. The van der Waals surface area contributed by atoms with Crippen molar-refractivity contribution in [2.24, 2.45) is 0 Å². The minimum Gasteiger partial charge on any atom is -0.497 e. The number of rotatable bonds is 7. The molecule has 5 rings (SSSR count). The van der Waals surface area contributed by atoms with Crippen molar-refractivity contribution in [2.75, 3.05) is 18.2 Å². The van der Waals surface area contributed by atoms with Gasteiger partial charge in [0.05, 0.1) is 24.2 Å². The van der Waals surface area contributed by atoms with Crippen LogP contribution < -0.4 is 15.6 Å². The predicted molar refractivity (Wildman–Crippen MR) is 139 cm³/mol. The molecule has 37 heavy (non-hydrogen) atoms. The van der Waals surface area contributed by atoms with Crippen LogP contribution >= 0.6 is 11.8 Å². The first-order valence-corrected chi connectivity index (χ1v) is 12.1. The van der Waals surface area contributed by atoms with E-state index in [-0.39, 0.29) is 22.2 Å². The molecule has 0 fully saturated rings. The molecular formula is C27H20F2N4O3S. The van der Waals surface area contributed by atoms with Gasteiger partial charge in [0.1, 0.15) is 28.4 Å². The van der Waals surface area contributed by atoms with Gasteiger partial charge in [0.15, 0.2) is 5.16 Å².